The number of alkyl halides is 1. The lowest BCUT2D eigenvalue weighted by atomic mass is 10.2. The number of aromatic amines is 1. The Balaban J connectivity index is 2.32. The molecule has 9 heteroatoms. The molecule has 0 amide bonds. The van der Waals surface area contributed by atoms with Gasteiger partial charge in [0.25, 0.3) is 5.56 Å². The fourth-order valence-electron chi connectivity index (χ4n) is 1.77. The third-order valence-electron chi connectivity index (χ3n) is 2.64. The molecule has 1 saturated heterocycles. The maximum absolute atomic E-state index is 12.7. The molecule has 2 heterocycles. The summed E-state index contributed by atoms with van der Waals surface area (Å²) in [6.45, 7) is 0. The predicted octanol–water partition coefficient (Wildman–Crippen LogP) is -0.923. The number of nitrogens with one attached hydrogen (secondary N) is 1. The second kappa shape index (κ2) is 5.07. The van der Waals surface area contributed by atoms with Crippen LogP contribution in [0.25, 0.3) is 0 Å². The van der Waals surface area contributed by atoms with Crippen molar-refractivity contribution in [3.8, 4) is 0 Å². The van der Waals surface area contributed by atoms with Crippen LogP contribution in [0.15, 0.2) is 15.8 Å². The second-order valence-corrected chi connectivity index (χ2v) is 5.04. The zero-order valence-electron chi connectivity index (χ0n) is 8.92. The zero-order chi connectivity index (χ0) is 13.4. The van der Waals surface area contributed by atoms with Gasteiger partial charge in [0.1, 0.15) is 12.3 Å². The van der Waals surface area contributed by atoms with Crippen LogP contribution < -0.4 is 11.2 Å². The van der Waals surface area contributed by atoms with Crippen molar-refractivity contribution in [1.82, 2.24) is 9.55 Å². The van der Waals surface area contributed by atoms with E-state index >= 15 is 0 Å². The lowest BCUT2D eigenvalue weighted by Gasteiger charge is -2.16. The molecule has 0 spiro atoms. The maximum Gasteiger partial charge on any atom is 0.330 e. The lowest BCUT2D eigenvalue weighted by Crippen LogP contribution is -2.34. The van der Waals surface area contributed by atoms with E-state index in [2.05, 4.69) is 4.98 Å². The average molecular weight is 372 g/mol. The van der Waals surface area contributed by atoms with Crippen molar-refractivity contribution < 1.29 is 19.3 Å². The summed E-state index contributed by atoms with van der Waals surface area (Å²) in [5.74, 6) is 0. The molecule has 3 N–H and O–H groups in total. The van der Waals surface area contributed by atoms with Crippen molar-refractivity contribution in [3.05, 3.63) is 30.6 Å². The number of rotatable bonds is 2. The van der Waals surface area contributed by atoms with E-state index in [4.69, 9.17) is 9.84 Å². The molecule has 100 valence electrons. The van der Waals surface area contributed by atoms with E-state index in [0.29, 0.717) is 0 Å². The molecule has 2 rings (SSSR count). The van der Waals surface area contributed by atoms with Crippen LogP contribution in [-0.2, 0) is 4.74 Å². The molecule has 1 aliphatic rings. The summed E-state index contributed by atoms with van der Waals surface area (Å²) >= 11 is 1.73. The summed E-state index contributed by atoms with van der Waals surface area (Å²) in [6, 6.07) is 0. The van der Waals surface area contributed by atoms with Crippen LogP contribution in [0.2, 0.25) is 0 Å². The summed E-state index contributed by atoms with van der Waals surface area (Å²) in [7, 11) is 0. The number of hydrogen-bond donors (Lipinski definition) is 3. The first kappa shape index (κ1) is 13.6. The van der Waals surface area contributed by atoms with E-state index in [9.17, 15) is 19.1 Å². The Morgan fingerprint density at radius 3 is 2.83 bits per heavy atom. The van der Waals surface area contributed by atoms with Crippen molar-refractivity contribution >= 4 is 22.6 Å². The lowest BCUT2D eigenvalue weighted by molar-refractivity contribution is -0.131. The van der Waals surface area contributed by atoms with Gasteiger partial charge in [-0.2, -0.15) is 0 Å². The molecule has 1 aliphatic heterocycles. The molecule has 1 aromatic rings. The highest BCUT2D eigenvalue weighted by Crippen LogP contribution is 2.29. The van der Waals surface area contributed by atoms with Gasteiger partial charge in [-0.3, -0.25) is 14.3 Å². The number of halogens is 2. The molecule has 0 radical (unpaired) electrons. The standard InChI is InChI=1S/C9H10FIN2O5/c10-7(15)6-4(14)1-5(18-6)13-2-3(11)8(16)12-9(13)17/h2,4-7,14-15H,1H2,(H,12,16,17)/t4-,5+,6-,7?/m0/s1. The number of aliphatic hydroxyl groups excluding tert-OH is 2. The van der Waals surface area contributed by atoms with Crippen LogP contribution in [-0.4, -0.2) is 38.3 Å². The highest BCUT2D eigenvalue weighted by atomic mass is 127. The first-order valence-electron chi connectivity index (χ1n) is 5.07. The third-order valence-corrected chi connectivity index (χ3v) is 3.41. The van der Waals surface area contributed by atoms with Gasteiger partial charge >= 0.3 is 5.69 Å². The average Bonchev–Trinajstić information content (AvgIpc) is 2.65. The van der Waals surface area contributed by atoms with Gasteiger partial charge < -0.3 is 14.9 Å². The smallest absolute Gasteiger partial charge is 0.330 e. The van der Waals surface area contributed by atoms with Crippen LogP contribution in [0.1, 0.15) is 12.6 Å². The quantitative estimate of drug-likeness (QED) is 0.583. The van der Waals surface area contributed by atoms with Gasteiger partial charge in [-0.1, -0.05) is 0 Å². The summed E-state index contributed by atoms with van der Waals surface area (Å²) < 4.78 is 19.1. The Kier molecular flexibility index (Phi) is 3.84. The van der Waals surface area contributed by atoms with Crippen molar-refractivity contribution in [3.63, 3.8) is 0 Å². The Labute approximate surface area is 113 Å². The first-order chi connectivity index (χ1) is 8.40. The van der Waals surface area contributed by atoms with Crippen molar-refractivity contribution in [2.24, 2.45) is 0 Å². The fraction of sp³-hybridized carbons (Fsp3) is 0.556. The van der Waals surface area contributed by atoms with E-state index in [-0.39, 0.29) is 9.99 Å². The number of aromatic nitrogens is 2. The van der Waals surface area contributed by atoms with Crippen molar-refractivity contribution in [2.75, 3.05) is 0 Å². The van der Waals surface area contributed by atoms with Gasteiger partial charge in [-0.25, -0.2) is 9.18 Å². The van der Waals surface area contributed by atoms with Gasteiger partial charge in [0.15, 0.2) is 0 Å². The number of nitrogens with zero attached hydrogens (tertiary/aromatic N) is 1. The van der Waals surface area contributed by atoms with Crippen LogP contribution in [0, 0.1) is 3.57 Å². The summed E-state index contributed by atoms with van der Waals surface area (Å²) in [5.41, 5.74) is -1.25. The highest BCUT2D eigenvalue weighted by molar-refractivity contribution is 14.1. The van der Waals surface area contributed by atoms with Crippen LogP contribution in [0.4, 0.5) is 4.39 Å². The van der Waals surface area contributed by atoms with Crippen molar-refractivity contribution in [2.45, 2.75) is 31.2 Å². The Hall–Kier alpha value is -0.780. The Morgan fingerprint density at radius 1 is 1.61 bits per heavy atom. The predicted molar refractivity (Wildman–Crippen MR) is 65.7 cm³/mol. The van der Waals surface area contributed by atoms with E-state index in [0.717, 1.165) is 4.57 Å². The molecule has 1 fully saturated rings. The minimum atomic E-state index is -2.33. The second-order valence-electron chi connectivity index (χ2n) is 3.87. The van der Waals surface area contributed by atoms with Gasteiger partial charge in [-0.15, -0.1) is 0 Å². The molecular formula is C9H10FIN2O5. The first-order valence-corrected chi connectivity index (χ1v) is 6.14. The molecule has 0 bridgehead atoms. The van der Waals surface area contributed by atoms with Crippen molar-refractivity contribution in [1.29, 1.82) is 0 Å². The van der Waals surface area contributed by atoms with Gasteiger partial charge in [0, 0.05) is 12.6 Å². The van der Waals surface area contributed by atoms with Gasteiger partial charge in [0.2, 0.25) is 6.36 Å². The molecule has 0 saturated carbocycles. The highest BCUT2D eigenvalue weighted by Gasteiger charge is 2.40. The monoisotopic (exact) mass is 372 g/mol. The SMILES string of the molecule is O=c1[nH]c(=O)n([C@H]2C[C@H](O)[C@@H](C(O)F)O2)cc1I. The van der Waals surface area contributed by atoms with E-state index in [1.54, 1.807) is 22.6 Å². The number of ether oxygens (including phenoxy) is 1. The number of H-pyrrole nitrogens is 1. The van der Waals surface area contributed by atoms with Gasteiger partial charge in [0.05, 0.1) is 9.67 Å². The van der Waals surface area contributed by atoms with E-state index in [1.807, 2.05) is 0 Å². The normalized spacial score (nSPS) is 29.4. The van der Waals surface area contributed by atoms with E-state index < -0.39 is 36.0 Å². The van der Waals surface area contributed by atoms with Crippen LogP contribution in [0.5, 0.6) is 0 Å². The minimum absolute atomic E-state index is 0.0479. The summed E-state index contributed by atoms with van der Waals surface area (Å²) in [4.78, 5) is 24.8. The zero-order valence-corrected chi connectivity index (χ0v) is 11.1. The summed E-state index contributed by atoms with van der Waals surface area (Å²) in [5, 5.41) is 18.2. The molecule has 0 aromatic carbocycles. The maximum atomic E-state index is 12.7. The van der Waals surface area contributed by atoms with Crippen LogP contribution >= 0.6 is 22.6 Å². The molecule has 7 nitrogen and oxygen atoms in total. The Morgan fingerprint density at radius 2 is 2.28 bits per heavy atom. The molecule has 0 aliphatic carbocycles. The number of aliphatic hydroxyl groups is 2. The third kappa shape index (κ3) is 2.48. The van der Waals surface area contributed by atoms with E-state index in [1.165, 1.54) is 6.20 Å². The largest absolute Gasteiger partial charge is 0.390 e. The molecular weight excluding hydrogens is 362 g/mol. The van der Waals surface area contributed by atoms with Crippen LogP contribution in [0.3, 0.4) is 0 Å². The summed E-state index contributed by atoms with van der Waals surface area (Å²) in [6.07, 6.45) is -4.66. The molecule has 18 heavy (non-hydrogen) atoms. The molecule has 1 unspecified atom stereocenters. The Bertz CT molecular complexity index is 557. The fourth-order valence-corrected chi connectivity index (χ4v) is 2.21. The van der Waals surface area contributed by atoms with Gasteiger partial charge in [-0.05, 0) is 22.6 Å². The minimum Gasteiger partial charge on any atom is -0.390 e. The molecule has 1 aromatic heterocycles. The number of hydrogen-bond acceptors (Lipinski definition) is 5. The topological polar surface area (TPSA) is 105 Å². The molecule has 4 atom stereocenters.